The lowest BCUT2D eigenvalue weighted by molar-refractivity contribution is 0.151. The quantitative estimate of drug-likeness (QED) is 0.229. The molecule has 1 N–H and O–H groups in total. The van der Waals surface area contributed by atoms with E-state index in [1.807, 2.05) is 11.0 Å². The van der Waals surface area contributed by atoms with Gasteiger partial charge < -0.3 is 10.2 Å². The molecule has 0 spiro atoms. The number of pyridine rings is 1. The van der Waals surface area contributed by atoms with Crippen LogP contribution in [-0.4, -0.2) is 42.0 Å². The van der Waals surface area contributed by atoms with Crippen LogP contribution in [0.5, 0.6) is 0 Å². The van der Waals surface area contributed by atoms with Gasteiger partial charge in [-0.1, -0.05) is 17.7 Å². The molecule has 1 aromatic carbocycles. The van der Waals surface area contributed by atoms with Crippen LogP contribution >= 0.6 is 23.5 Å². The Morgan fingerprint density at radius 3 is 2.55 bits per heavy atom. The number of piperazine rings is 1. The molecule has 2 aromatic rings. The average molecular weight is 439 g/mol. The molecule has 0 radical (unpaired) electrons. The summed E-state index contributed by atoms with van der Waals surface area (Å²) in [6.45, 7) is 7.72. The van der Waals surface area contributed by atoms with E-state index < -0.39 is 6.43 Å². The van der Waals surface area contributed by atoms with E-state index in [4.69, 9.17) is 11.6 Å². The predicted octanol–water partition coefficient (Wildman–Crippen LogP) is 5.88. The van der Waals surface area contributed by atoms with Gasteiger partial charge in [-0.3, -0.25) is 0 Å². The van der Waals surface area contributed by atoms with Crippen LogP contribution in [0.2, 0.25) is 5.15 Å². The largest absolute Gasteiger partial charge is 0.385 e. The van der Waals surface area contributed by atoms with Gasteiger partial charge in [-0.25, -0.2) is 18.1 Å². The molecule has 3 rings (SSSR count). The zero-order valence-corrected chi connectivity index (χ0v) is 17.7. The van der Waals surface area contributed by atoms with Crippen molar-refractivity contribution in [3.8, 4) is 0 Å². The number of nitrogens with one attached hydrogen (secondary N) is 1. The van der Waals surface area contributed by atoms with Gasteiger partial charge in [0.2, 0.25) is 0 Å². The molecular weight excluding hydrogens is 414 g/mol. The molecule has 1 fully saturated rings. The van der Waals surface area contributed by atoms with Gasteiger partial charge in [-0.15, -0.1) is 6.58 Å². The summed E-state index contributed by atoms with van der Waals surface area (Å²) in [5.41, 5.74) is 1.03. The molecule has 1 aliphatic heterocycles. The Morgan fingerprint density at radius 2 is 1.90 bits per heavy atom. The van der Waals surface area contributed by atoms with E-state index in [0.29, 0.717) is 18.9 Å². The molecule has 0 unspecified atom stereocenters. The zero-order chi connectivity index (χ0) is 20.6. The fourth-order valence-corrected chi connectivity index (χ4v) is 4.17. The third-order valence-electron chi connectivity index (χ3n) is 4.62. The van der Waals surface area contributed by atoms with Gasteiger partial charge in [0.15, 0.2) is 0 Å². The number of hydrogen-bond donors (Lipinski definition) is 1. The standard InChI is InChI=1S/C21H25ClF2N4S/c1-2-3-4-9-25-17-5-7-18(8-6-17)29-28-12-10-27(11-13-28)20-15-16(21(23)24)14-19(22)26-20/h2,5-8,14-15,21,25H,1,3-4,9-13H2. The Kier molecular flexibility index (Phi) is 8.15. The highest BCUT2D eigenvalue weighted by atomic mass is 35.5. The number of halogens is 3. The summed E-state index contributed by atoms with van der Waals surface area (Å²) in [6, 6.07) is 11.1. The topological polar surface area (TPSA) is 31.4 Å². The summed E-state index contributed by atoms with van der Waals surface area (Å²) in [5, 5.41) is 3.51. The van der Waals surface area contributed by atoms with Crippen LogP contribution in [0.3, 0.4) is 0 Å². The lowest BCUT2D eigenvalue weighted by Crippen LogP contribution is -2.43. The van der Waals surface area contributed by atoms with Crippen molar-refractivity contribution in [3.05, 3.63) is 59.8 Å². The lowest BCUT2D eigenvalue weighted by atomic mass is 10.2. The van der Waals surface area contributed by atoms with Crippen molar-refractivity contribution in [2.75, 3.05) is 42.9 Å². The van der Waals surface area contributed by atoms with Gasteiger partial charge in [-0.05, 0) is 61.2 Å². The number of alkyl halides is 2. The number of hydrogen-bond acceptors (Lipinski definition) is 5. The molecule has 0 bridgehead atoms. The molecule has 0 saturated carbocycles. The van der Waals surface area contributed by atoms with Crippen LogP contribution in [0.15, 0.2) is 53.9 Å². The number of anilines is 2. The maximum atomic E-state index is 13.0. The molecule has 1 aliphatic rings. The van der Waals surface area contributed by atoms with Crippen molar-refractivity contribution in [1.29, 1.82) is 0 Å². The van der Waals surface area contributed by atoms with Crippen molar-refractivity contribution in [2.45, 2.75) is 24.2 Å². The van der Waals surface area contributed by atoms with Gasteiger partial charge in [0.25, 0.3) is 6.43 Å². The molecular formula is C21H25ClF2N4S. The van der Waals surface area contributed by atoms with E-state index in [1.54, 1.807) is 11.9 Å². The van der Waals surface area contributed by atoms with E-state index in [9.17, 15) is 8.78 Å². The van der Waals surface area contributed by atoms with Crippen molar-refractivity contribution < 1.29 is 8.78 Å². The SMILES string of the molecule is C=CCCCNc1ccc(SN2CCN(c3cc(C(F)F)cc(Cl)n3)CC2)cc1. The summed E-state index contributed by atoms with van der Waals surface area (Å²) >= 11 is 7.63. The minimum absolute atomic E-state index is 0.0880. The van der Waals surface area contributed by atoms with Gasteiger partial charge in [-0.2, -0.15) is 0 Å². The lowest BCUT2D eigenvalue weighted by Gasteiger charge is -2.34. The molecule has 0 aliphatic carbocycles. The first-order chi connectivity index (χ1) is 14.0. The van der Waals surface area contributed by atoms with Crippen molar-refractivity contribution >= 4 is 35.1 Å². The first kappa shape index (κ1) is 21.9. The van der Waals surface area contributed by atoms with E-state index in [-0.39, 0.29) is 10.7 Å². The first-order valence-electron chi connectivity index (χ1n) is 9.63. The molecule has 0 amide bonds. The Bertz CT molecular complexity index is 796. The predicted molar refractivity (Wildman–Crippen MR) is 118 cm³/mol. The average Bonchev–Trinajstić information content (AvgIpc) is 2.72. The number of nitrogens with zero attached hydrogens (tertiary/aromatic N) is 3. The highest BCUT2D eigenvalue weighted by Crippen LogP contribution is 2.29. The highest BCUT2D eigenvalue weighted by Gasteiger charge is 2.21. The minimum atomic E-state index is -2.55. The summed E-state index contributed by atoms with van der Waals surface area (Å²) in [7, 11) is 0. The number of rotatable bonds is 9. The maximum absolute atomic E-state index is 13.0. The number of unbranched alkanes of at least 4 members (excludes halogenated alkanes) is 1. The fraction of sp³-hybridized carbons (Fsp3) is 0.381. The molecule has 4 nitrogen and oxygen atoms in total. The van der Waals surface area contributed by atoms with Crippen LogP contribution in [0.1, 0.15) is 24.8 Å². The third kappa shape index (κ3) is 6.59. The normalized spacial score (nSPS) is 15.0. The van der Waals surface area contributed by atoms with Crippen LogP contribution in [0.25, 0.3) is 0 Å². The molecule has 8 heteroatoms. The molecule has 29 heavy (non-hydrogen) atoms. The van der Waals surface area contributed by atoms with Gasteiger partial charge in [0, 0.05) is 48.9 Å². The Balaban J connectivity index is 1.49. The maximum Gasteiger partial charge on any atom is 0.264 e. The Hall–Kier alpha value is -1.83. The van der Waals surface area contributed by atoms with E-state index in [2.05, 4.69) is 45.5 Å². The molecule has 2 heterocycles. The van der Waals surface area contributed by atoms with E-state index in [1.165, 1.54) is 17.0 Å². The second-order valence-electron chi connectivity index (χ2n) is 6.77. The van der Waals surface area contributed by atoms with Crippen molar-refractivity contribution in [1.82, 2.24) is 9.29 Å². The summed E-state index contributed by atoms with van der Waals surface area (Å²) in [4.78, 5) is 7.40. The van der Waals surface area contributed by atoms with Gasteiger partial charge in [0.05, 0.1) is 0 Å². The molecule has 156 valence electrons. The molecule has 1 saturated heterocycles. The van der Waals surface area contributed by atoms with Crippen LogP contribution in [0, 0.1) is 0 Å². The Labute approximate surface area is 180 Å². The number of aromatic nitrogens is 1. The first-order valence-corrected chi connectivity index (χ1v) is 10.8. The minimum Gasteiger partial charge on any atom is -0.385 e. The highest BCUT2D eigenvalue weighted by molar-refractivity contribution is 7.97. The summed E-state index contributed by atoms with van der Waals surface area (Å²) < 4.78 is 28.3. The van der Waals surface area contributed by atoms with Gasteiger partial charge >= 0.3 is 0 Å². The summed E-state index contributed by atoms with van der Waals surface area (Å²) in [5.74, 6) is 0.518. The van der Waals surface area contributed by atoms with Crippen LogP contribution < -0.4 is 10.2 Å². The smallest absolute Gasteiger partial charge is 0.264 e. The molecule has 0 atom stereocenters. The Morgan fingerprint density at radius 1 is 1.17 bits per heavy atom. The number of benzene rings is 1. The van der Waals surface area contributed by atoms with Crippen LogP contribution in [0.4, 0.5) is 20.3 Å². The van der Waals surface area contributed by atoms with E-state index >= 15 is 0 Å². The fourth-order valence-electron chi connectivity index (χ4n) is 3.06. The van der Waals surface area contributed by atoms with Crippen LogP contribution in [-0.2, 0) is 0 Å². The summed E-state index contributed by atoms with van der Waals surface area (Å²) in [6.07, 6.45) is 1.47. The third-order valence-corrected chi connectivity index (χ3v) is 5.92. The second kappa shape index (κ2) is 10.8. The van der Waals surface area contributed by atoms with Crippen molar-refractivity contribution in [2.24, 2.45) is 0 Å². The van der Waals surface area contributed by atoms with Gasteiger partial charge in [0.1, 0.15) is 11.0 Å². The molecule has 1 aromatic heterocycles. The second-order valence-corrected chi connectivity index (χ2v) is 8.33. The number of allylic oxidation sites excluding steroid dienone is 1. The van der Waals surface area contributed by atoms with Crippen molar-refractivity contribution in [3.63, 3.8) is 0 Å². The van der Waals surface area contributed by atoms with E-state index in [0.717, 1.165) is 38.2 Å². The monoisotopic (exact) mass is 438 g/mol. The zero-order valence-electron chi connectivity index (χ0n) is 16.2.